The number of hydrogen-bond donors (Lipinski definition) is 0. The standard InChI is InChI=1S/C11H10O4.Na/c1-15-10-5-3-2-4-8(10)6-7-9(12)11(13)14;/h2-7H,1H3,(H,13,14);/q;+1/p-1. The first-order valence-corrected chi connectivity index (χ1v) is 4.21. The van der Waals surface area contributed by atoms with Crippen molar-refractivity contribution in [3.8, 4) is 5.75 Å². The molecule has 16 heavy (non-hydrogen) atoms. The number of para-hydroxylation sites is 1. The minimum atomic E-state index is -1.72. The maximum atomic E-state index is 10.7. The molecule has 0 aliphatic carbocycles. The van der Waals surface area contributed by atoms with Crippen LogP contribution in [0.2, 0.25) is 0 Å². The van der Waals surface area contributed by atoms with Crippen LogP contribution in [-0.4, -0.2) is 18.9 Å². The van der Waals surface area contributed by atoms with Gasteiger partial charge in [0.05, 0.1) is 7.11 Å². The molecule has 0 aliphatic rings. The van der Waals surface area contributed by atoms with Gasteiger partial charge in [-0.25, -0.2) is 0 Å². The van der Waals surface area contributed by atoms with Gasteiger partial charge >= 0.3 is 29.6 Å². The van der Waals surface area contributed by atoms with Crippen LogP contribution in [0.5, 0.6) is 5.75 Å². The second kappa shape index (κ2) is 7.22. The zero-order valence-corrected chi connectivity index (χ0v) is 11.1. The van der Waals surface area contributed by atoms with Crippen molar-refractivity contribution >= 4 is 17.8 Å². The van der Waals surface area contributed by atoms with Gasteiger partial charge in [-0.2, -0.15) is 0 Å². The molecule has 1 aromatic rings. The summed E-state index contributed by atoms with van der Waals surface area (Å²) >= 11 is 0. The van der Waals surface area contributed by atoms with E-state index < -0.39 is 11.8 Å². The molecule has 0 unspecified atom stereocenters. The molecule has 0 heterocycles. The topological polar surface area (TPSA) is 66.4 Å². The quantitative estimate of drug-likeness (QED) is 0.313. The fraction of sp³-hybridized carbons (Fsp3) is 0.0909. The van der Waals surface area contributed by atoms with E-state index in [1.165, 1.54) is 13.2 Å². The Hall–Kier alpha value is -1.10. The molecule has 0 radical (unpaired) electrons. The first-order valence-electron chi connectivity index (χ1n) is 4.21. The SMILES string of the molecule is COc1ccccc1C=CC(=O)C(=O)[O-].[Na+]. The van der Waals surface area contributed by atoms with Crippen molar-refractivity contribution in [2.24, 2.45) is 0 Å². The van der Waals surface area contributed by atoms with Gasteiger partial charge in [0, 0.05) is 5.56 Å². The van der Waals surface area contributed by atoms with E-state index >= 15 is 0 Å². The molecule has 0 saturated carbocycles. The Bertz CT molecular complexity index is 412. The minimum absolute atomic E-state index is 0. The Morgan fingerprint density at radius 2 is 1.94 bits per heavy atom. The van der Waals surface area contributed by atoms with Crippen LogP contribution in [0.1, 0.15) is 5.56 Å². The molecule has 0 fully saturated rings. The van der Waals surface area contributed by atoms with Crippen molar-refractivity contribution in [2.45, 2.75) is 0 Å². The number of hydrogen-bond acceptors (Lipinski definition) is 4. The zero-order chi connectivity index (χ0) is 11.3. The summed E-state index contributed by atoms with van der Waals surface area (Å²) in [7, 11) is 1.49. The van der Waals surface area contributed by atoms with Crippen molar-refractivity contribution in [1.82, 2.24) is 0 Å². The van der Waals surface area contributed by atoms with E-state index in [9.17, 15) is 14.7 Å². The number of rotatable bonds is 4. The fourth-order valence-corrected chi connectivity index (χ4v) is 1.04. The summed E-state index contributed by atoms with van der Waals surface area (Å²) in [6.45, 7) is 0. The number of carboxylic acid groups (broad SMARTS) is 1. The molecule has 0 atom stereocenters. The summed E-state index contributed by atoms with van der Waals surface area (Å²) < 4.78 is 5.01. The third-order valence-electron chi connectivity index (χ3n) is 1.75. The Kier molecular flexibility index (Phi) is 6.72. The maximum Gasteiger partial charge on any atom is 1.00 e. The number of ketones is 1. The largest absolute Gasteiger partial charge is 1.00 e. The summed E-state index contributed by atoms with van der Waals surface area (Å²) in [5.74, 6) is -2.22. The average Bonchev–Trinajstić information content (AvgIpc) is 2.26. The van der Waals surface area contributed by atoms with E-state index in [0.29, 0.717) is 11.3 Å². The van der Waals surface area contributed by atoms with Crippen LogP contribution in [0.15, 0.2) is 30.3 Å². The Morgan fingerprint density at radius 1 is 1.31 bits per heavy atom. The van der Waals surface area contributed by atoms with Gasteiger partial charge in [-0.15, -0.1) is 0 Å². The van der Waals surface area contributed by atoms with Gasteiger partial charge in [0.2, 0.25) is 5.78 Å². The van der Waals surface area contributed by atoms with Crippen LogP contribution in [-0.2, 0) is 9.59 Å². The Morgan fingerprint density at radius 3 is 2.50 bits per heavy atom. The fourth-order valence-electron chi connectivity index (χ4n) is 1.04. The summed E-state index contributed by atoms with van der Waals surface area (Å²) in [5, 5.41) is 10.1. The van der Waals surface area contributed by atoms with E-state index in [1.54, 1.807) is 24.3 Å². The van der Waals surface area contributed by atoms with E-state index in [0.717, 1.165) is 6.08 Å². The van der Waals surface area contributed by atoms with Gasteiger partial charge in [-0.05, 0) is 18.2 Å². The number of carboxylic acids is 1. The molecule has 0 N–H and O–H groups in total. The van der Waals surface area contributed by atoms with Crippen LogP contribution in [0.3, 0.4) is 0 Å². The Balaban J connectivity index is 0.00000225. The van der Waals surface area contributed by atoms with E-state index in [1.807, 2.05) is 0 Å². The summed E-state index contributed by atoms with van der Waals surface area (Å²) in [4.78, 5) is 20.9. The average molecular weight is 228 g/mol. The van der Waals surface area contributed by atoms with Crippen molar-refractivity contribution in [3.63, 3.8) is 0 Å². The molecular weight excluding hydrogens is 219 g/mol. The molecule has 0 aromatic heterocycles. The van der Waals surface area contributed by atoms with Gasteiger partial charge < -0.3 is 14.6 Å². The summed E-state index contributed by atoms with van der Waals surface area (Å²) in [6.07, 6.45) is 2.31. The van der Waals surface area contributed by atoms with Crippen molar-refractivity contribution in [1.29, 1.82) is 0 Å². The second-order valence-electron chi connectivity index (χ2n) is 2.73. The van der Waals surface area contributed by atoms with Crippen LogP contribution in [0, 0.1) is 0 Å². The van der Waals surface area contributed by atoms with Gasteiger partial charge in [0.25, 0.3) is 0 Å². The molecule has 0 spiro atoms. The monoisotopic (exact) mass is 228 g/mol. The molecule has 1 rings (SSSR count). The van der Waals surface area contributed by atoms with Crippen molar-refractivity contribution in [3.05, 3.63) is 35.9 Å². The molecular formula is C11H9NaO4. The smallest absolute Gasteiger partial charge is 0.541 e. The van der Waals surface area contributed by atoms with Gasteiger partial charge in [0.15, 0.2) is 0 Å². The third kappa shape index (κ3) is 4.18. The van der Waals surface area contributed by atoms with E-state index in [-0.39, 0.29) is 29.6 Å². The molecule has 0 saturated heterocycles. The van der Waals surface area contributed by atoms with E-state index in [4.69, 9.17) is 4.74 Å². The first-order chi connectivity index (χ1) is 7.15. The number of methoxy groups -OCH3 is 1. The number of carbonyl (C=O) groups is 2. The Labute approximate surface area is 115 Å². The summed E-state index contributed by atoms with van der Waals surface area (Å²) in [6, 6.07) is 6.95. The second-order valence-corrected chi connectivity index (χ2v) is 2.73. The molecule has 0 amide bonds. The molecule has 5 heteroatoms. The van der Waals surface area contributed by atoms with Gasteiger partial charge in [0.1, 0.15) is 11.7 Å². The van der Waals surface area contributed by atoms with Crippen LogP contribution in [0.4, 0.5) is 0 Å². The maximum absolute atomic E-state index is 10.7. The minimum Gasteiger partial charge on any atom is -0.541 e. The van der Waals surface area contributed by atoms with Gasteiger partial charge in [-0.3, -0.25) is 4.79 Å². The molecule has 0 aliphatic heterocycles. The molecule has 0 bridgehead atoms. The van der Waals surface area contributed by atoms with Crippen LogP contribution in [0.25, 0.3) is 6.08 Å². The summed E-state index contributed by atoms with van der Waals surface area (Å²) in [5.41, 5.74) is 0.634. The first kappa shape index (κ1) is 14.9. The number of carbonyl (C=O) groups excluding carboxylic acids is 2. The van der Waals surface area contributed by atoms with Crippen molar-refractivity contribution in [2.75, 3.05) is 7.11 Å². The van der Waals surface area contributed by atoms with Gasteiger partial charge in [-0.1, -0.05) is 18.2 Å². The number of aliphatic carboxylic acids is 1. The predicted octanol–water partition coefficient (Wildman–Crippen LogP) is -2.97. The predicted molar refractivity (Wildman–Crippen MR) is 52.0 cm³/mol. The zero-order valence-electron chi connectivity index (χ0n) is 9.10. The number of benzene rings is 1. The molecule has 4 nitrogen and oxygen atoms in total. The number of ether oxygens (including phenoxy) is 1. The van der Waals surface area contributed by atoms with Crippen LogP contribution < -0.4 is 39.4 Å². The van der Waals surface area contributed by atoms with Crippen molar-refractivity contribution < 1.29 is 49.0 Å². The normalized spacial score (nSPS) is 9.56. The van der Waals surface area contributed by atoms with Crippen LogP contribution >= 0.6 is 0 Å². The molecule has 1 aromatic carbocycles. The van der Waals surface area contributed by atoms with E-state index in [2.05, 4.69) is 0 Å². The molecule has 78 valence electrons. The third-order valence-corrected chi connectivity index (χ3v) is 1.75.